The topological polar surface area (TPSA) is 0 Å². The molecule has 0 amide bonds. The molecule has 0 spiro atoms. The van der Waals surface area contributed by atoms with Gasteiger partial charge in [0.05, 0.1) is 0 Å². The second-order valence-corrected chi connectivity index (χ2v) is 7.19. The molecule has 2 rings (SSSR count). The summed E-state index contributed by atoms with van der Waals surface area (Å²) in [5, 5.41) is 0. The largest absolute Gasteiger partial charge is 0 e. The number of halogens is 6. The van der Waals surface area contributed by atoms with E-state index >= 15 is 0 Å². The molecule has 1 aromatic rings. The van der Waals surface area contributed by atoms with Gasteiger partial charge in [-0.05, 0) is 12.0 Å². The van der Waals surface area contributed by atoms with E-state index in [1.807, 2.05) is 0 Å². The zero-order valence-corrected chi connectivity index (χ0v) is 13.9. The Morgan fingerprint density at radius 1 is 0.909 bits per heavy atom. The fourth-order valence-electron chi connectivity index (χ4n) is 1.95. The van der Waals surface area contributed by atoms with Crippen molar-refractivity contribution in [1.82, 2.24) is 0 Å². The van der Waals surface area contributed by atoms with E-state index in [-0.39, 0.29) is 22.5 Å². The average Bonchev–Trinajstić information content (AvgIpc) is 2.80. The van der Waals surface area contributed by atoms with Crippen LogP contribution in [0.4, 0.5) is 25.2 Å². The Labute approximate surface area is 136 Å². The van der Waals surface area contributed by atoms with E-state index in [1.165, 1.54) is 11.1 Å². The molecular formula is C14H16F6FeP-. The molecule has 0 unspecified atom stereocenters. The average molecular weight is 385 g/mol. The minimum atomic E-state index is -10.7. The Balaban J connectivity index is 0.000000478. The molecule has 0 nitrogen and oxygen atoms in total. The van der Waals surface area contributed by atoms with E-state index in [2.05, 4.69) is 62.4 Å². The van der Waals surface area contributed by atoms with Gasteiger partial charge in [0, 0.05) is 22.5 Å². The summed E-state index contributed by atoms with van der Waals surface area (Å²) >= 11 is 0. The van der Waals surface area contributed by atoms with Gasteiger partial charge in [-0.15, -0.1) is 0 Å². The fraction of sp³-hybridized carbons (Fsp3) is 0.286. The Kier molecular flexibility index (Phi) is 5.82. The van der Waals surface area contributed by atoms with Crippen LogP contribution in [0.5, 0.6) is 0 Å². The van der Waals surface area contributed by atoms with Crippen molar-refractivity contribution >= 4 is 7.81 Å². The third-order valence-corrected chi connectivity index (χ3v) is 3.07. The molecule has 1 aromatic carbocycles. The molecule has 0 aromatic heterocycles. The van der Waals surface area contributed by atoms with E-state index in [0.717, 1.165) is 6.42 Å². The molecule has 0 fully saturated rings. The Morgan fingerprint density at radius 3 is 1.73 bits per heavy atom. The summed E-state index contributed by atoms with van der Waals surface area (Å²) < 4.78 is 59.2. The number of rotatable bonds is 2. The van der Waals surface area contributed by atoms with Crippen molar-refractivity contribution in [1.29, 1.82) is 0 Å². The van der Waals surface area contributed by atoms with Crippen LogP contribution in [0.2, 0.25) is 0 Å². The van der Waals surface area contributed by atoms with Gasteiger partial charge in [0.1, 0.15) is 0 Å². The van der Waals surface area contributed by atoms with Crippen molar-refractivity contribution < 1.29 is 42.3 Å². The van der Waals surface area contributed by atoms with Crippen LogP contribution in [0.25, 0.3) is 0 Å². The quantitative estimate of drug-likeness (QED) is 0.286. The Morgan fingerprint density at radius 2 is 1.36 bits per heavy atom. The maximum atomic E-state index is 9.87. The summed E-state index contributed by atoms with van der Waals surface area (Å²) in [7, 11) is -10.7. The smallest absolute Gasteiger partial charge is 0 e. The van der Waals surface area contributed by atoms with Crippen LogP contribution >= 0.6 is 7.81 Å². The molecule has 0 heterocycles. The van der Waals surface area contributed by atoms with Crippen molar-refractivity contribution in [2.75, 3.05) is 0 Å². The molecular weight excluding hydrogens is 369 g/mol. The van der Waals surface area contributed by atoms with Gasteiger partial charge in [0.15, 0.2) is 0 Å². The molecule has 22 heavy (non-hydrogen) atoms. The number of hydrogen-bond donors (Lipinski definition) is 0. The predicted octanol–water partition coefficient (Wildman–Crippen LogP) is 7.23. The maximum absolute atomic E-state index is 10.7. The molecule has 128 valence electrons. The molecule has 0 aliphatic heterocycles. The fourth-order valence-corrected chi connectivity index (χ4v) is 1.95. The van der Waals surface area contributed by atoms with Crippen LogP contribution < -0.4 is 0 Å². The molecule has 0 saturated carbocycles. The zero-order chi connectivity index (χ0) is 16.4. The summed E-state index contributed by atoms with van der Waals surface area (Å²) in [6.07, 6.45) is 7.72. The van der Waals surface area contributed by atoms with Crippen molar-refractivity contribution in [3.8, 4) is 0 Å². The third kappa shape index (κ3) is 9.29. The first-order valence-corrected chi connectivity index (χ1v) is 8.17. The Hall–Kier alpha value is -0.771. The van der Waals surface area contributed by atoms with Gasteiger partial charge in [-0.1, -0.05) is 68.0 Å². The number of allylic oxidation sites excluding steroid dienone is 4. The van der Waals surface area contributed by atoms with Gasteiger partial charge < -0.3 is 0 Å². The van der Waals surface area contributed by atoms with Gasteiger partial charge in [0.25, 0.3) is 0 Å². The van der Waals surface area contributed by atoms with Crippen LogP contribution in [-0.2, 0) is 22.5 Å². The molecule has 0 saturated heterocycles. The van der Waals surface area contributed by atoms with E-state index < -0.39 is 7.81 Å². The summed E-state index contributed by atoms with van der Waals surface area (Å²) in [6, 6.07) is 10.7. The van der Waals surface area contributed by atoms with Crippen LogP contribution in [-0.4, -0.2) is 0 Å². The summed E-state index contributed by atoms with van der Waals surface area (Å²) in [4.78, 5) is 0. The van der Waals surface area contributed by atoms with Gasteiger partial charge in [-0.2, -0.15) is 0 Å². The predicted molar refractivity (Wildman–Crippen MR) is 74.9 cm³/mol. The molecule has 1 aliphatic rings. The van der Waals surface area contributed by atoms with E-state index in [0.29, 0.717) is 0 Å². The van der Waals surface area contributed by atoms with Crippen molar-refractivity contribution in [2.45, 2.75) is 25.7 Å². The summed E-state index contributed by atoms with van der Waals surface area (Å²) in [6.45, 7) is 4.59. The molecule has 8 heteroatoms. The first kappa shape index (κ1) is 21.2. The van der Waals surface area contributed by atoms with Crippen molar-refractivity contribution in [3.05, 3.63) is 59.7 Å². The van der Waals surface area contributed by atoms with E-state index in [4.69, 9.17) is 0 Å². The van der Waals surface area contributed by atoms with Gasteiger partial charge in [-0.25, -0.2) is 0 Å². The van der Waals surface area contributed by atoms with Crippen LogP contribution in [0.1, 0.15) is 25.8 Å². The number of hydrogen-bond acceptors (Lipinski definition) is 0. The normalized spacial score (nSPS) is 17.4. The van der Waals surface area contributed by atoms with Crippen LogP contribution in [0.15, 0.2) is 54.1 Å². The second kappa shape index (κ2) is 6.03. The van der Waals surface area contributed by atoms with Crippen molar-refractivity contribution in [3.63, 3.8) is 0 Å². The monoisotopic (exact) mass is 385 g/mol. The van der Waals surface area contributed by atoms with Gasteiger partial charge >= 0.3 is 33.0 Å². The first-order valence-electron chi connectivity index (χ1n) is 6.14. The molecule has 0 radical (unpaired) electrons. The van der Waals surface area contributed by atoms with Gasteiger partial charge in [-0.3, -0.25) is 0 Å². The second-order valence-electron chi connectivity index (χ2n) is 5.27. The number of benzene rings is 1. The molecule has 1 aliphatic carbocycles. The summed E-state index contributed by atoms with van der Waals surface area (Å²) in [5.74, 6) is 0. The van der Waals surface area contributed by atoms with E-state index in [1.54, 1.807) is 0 Å². The van der Waals surface area contributed by atoms with E-state index in [9.17, 15) is 25.2 Å². The molecule has 0 bridgehead atoms. The SMILES string of the molecule is CC(C)(C1=CC=CC1)c1ccccc1.F[P-](F)(F)(F)(F)F.[Fe]. The minimum Gasteiger partial charge on any atom is 0 e. The van der Waals surface area contributed by atoms with Crippen LogP contribution in [0, 0.1) is 0 Å². The molecule has 0 atom stereocenters. The zero-order valence-electron chi connectivity index (χ0n) is 11.9. The first-order chi connectivity index (χ1) is 9.16. The third-order valence-electron chi connectivity index (χ3n) is 3.07. The maximum Gasteiger partial charge on any atom is 0 e. The van der Waals surface area contributed by atoms with Gasteiger partial charge in [0.2, 0.25) is 0 Å². The van der Waals surface area contributed by atoms with Crippen molar-refractivity contribution in [2.24, 2.45) is 0 Å². The summed E-state index contributed by atoms with van der Waals surface area (Å²) in [5.41, 5.74) is 3.07. The standard InChI is InChI=1S/C14H16.F6P.Fe/c1-14(2,13-10-6-7-11-13)12-8-4-3-5-9-12;1-7(2,3,4,5)6;/h3-10H,11H2,1-2H3;;/q;-1;. The Bertz CT molecular complexity index is 546. The minimum absolute atomic E-state index is 0. The van der Waals surface area contributed by atoms with Crippen LogP contribution in [0.3, 0.4) is 0 Å². The molecule has 0 N–H and O–H groups in total.